The molecular weight excluding hydrogens is 214 g/mol. The van der Waals surface area contributed by atoms with Crippen molar-refractivity contribution in [2.24, 2.45) is 5.92 Å². The summed E-state index contributed by atoms with van der Waals surface area (Å²) in [6, 6.07) is 0. The molecule has 0 saturated heterocycles. The lowest BCUT2D eigenvalue weighted by molar-refractivity contribution is -0.122. The van der Waals surface area contributed by atoms with E-state index in [0.717, 1.165) is 44.5 Å². The molecule has 1 aliphatic heterocycles. The third-order valence-electron chi connectivity index (χ3n) is 3.59. The molecule has 1 amide bonds. The number of rotatable bonds is 4. The van der Waals surface area contributed by atoms with Crippen LogP contribution < -0.4 is 5.32 Å². The maximum Gasteiger partial charge on any atom is 0.223 e. The van der Waals surface area contributed by atoms with Gasteiger partial charge in [-0.3, -0.25) is 4.79 Å². The molecule has 1 aliphatic carbocycles. The summed E-state index contributed by atoms with van der Waals surface area (Å²) in [6.07, 6.45) is 8.79. The molecule has 3 rings (SSSR count). The van der Waals surface area contributed by atoms with E-state index in [1.165, 1.54) is 18.7 Å². The highest BCUT2D eigenvalue weighted by molar-refractivity contribution is 5.80. The number of carbonyl (C=O) groups is 1. The lowest BCUT2D eigenvalue weighted by Crippen LogP contribution is -2.27. The predicted molar refractivity (Wildman–Crippen MR) is 64.6 cm³/mol. The summed E-state index contributed by atoms with van der Waals surface area (Å²) in [7, 11) is 0. The third kappa shape index (κ3) is 2.51. The molecule has 0 bridgehead atoms. The van der Waals surface area contributed by atoms with Crippen molar-refractivity contribution >= 4 is 5.91 Å². The molecule has 92 valence electrons. The fourth-order valence-electron chi connectivity index (χ4n) is 2.40. The highest BCUT2D eigenvalue weighted by Crippen LogP contribution is 2.28. The van der Waals surface area contributed by atoms with Gasteiger partial charge in [-0.25, -0.2) is 4.98 Å². The number of nitrogens with one attached hydrogen (secondary N) is 1. The molecular formula is C13H19N3O. The number of hydrogen-bond donors (Lipinski definition) is 1. The molecule has 1 fully saturated rings. The van der Waals surface area contributed by atoms with Gasteiger partial charge in [-0.1, -0.05) is 0 Å². The Labute approximate surface area is 101 Å². The maximum absolute atomic E-state index is 11.5. The molecule has 2 heterocycles. The van der Waals surface area contributed by atoms with Crippen molar-refractivity contribution in [1.29, 1.82) is 0 Å². The number of fused-ring (bicyclic) bond motifs is 1. The molecule has 1 aromatic rings. The maximum atomic E-state index is 11.5. The van der Waals surface area contributed by atoms with E-state index >= 15 is 0 Å². The highest BCUT2D eigenvalue weighted by atomic mass is 16.2. The summed E-state index contributed by atoms with van der Waals surface area (Å²) in [5.41, 5.74) is 1.12. The van der Waals surface area contributed by atoms with Crippen LogP contribution >= 0.6 is 0 Å². The summed E-state index contributed by atoms with van der Waals surface area (Å²) in [5, 5.41) is 2.99. The first-order chi connectivity index (χ1) is 8.33. The second-order valence-corrected chi connectivity index (χ2v) is 5.11. The quantitative estimate of drug-likeness (QED) is 0.851. The van der Waals surface area contributed by atoms with Gasteiger partial charge in [0.25, 0.3) is 0 Å². The lowest BCUT2D eigenvalue weighted by atomic mass is 10.2. The molecule has 1 N–H and O–H groups in total. The van der Waals surface area contributed by atoms with E-state index in [4.69, 9.17) is 0 Å². The van der Waals surface area contributed by atoms with Gasteiger partial charge in [-0.15, -0.1) is 0 Å². The zero-order valence-corrected chi connectivity index (χ0v) is 10.1. The third-order valence-corrected chi connectivity index (χ3v) is 3.59. The largest absolute Gasteiger partial charge is 0.355 e. The number of aryl methyl sites for hydroxylation is 2. The van der Waals surface area contributed by atoms with Gasteiger partial charge >= 0.3 is 0 Å². The number of aromatic nitrogens is 2. The molecule has 4 nitrogen and oxygen atoms in total. The standard InChI is InChI=1S/C13H19N3O/c17-13(10-4-5-10)14-7-6-11-9-16-8-2-1-3-12(16)15-11/h9-10H,1-8H2,(H,14,17). The first kappa shape index (κ1) is 10.8. The zero-order chi connectivity index (χ0) is 11.7. The number of imidazole rings is 1. The Bertz CT molecular complexity index is 397. The van der Waals surface area contributed by atoms with Crippen LogP contribution in [0.4, 0.5) is 0 Å². The smallest absolute Gasteiger partial charge is 0.223 e. The Morgan fingerprint density at radius 3 is 3.12 bits per heavy atom. The molecule has 1 saturated carbocycles. The van der Waals surface area contributed by atoms with Crippen molar-refractivity contribution in [3.8, 4) is 0 Å². The van der Waals surface area contributed by atoms with E-state index in [1.807, 2.05) is 0 Å². The predicted octanol–water partition coefficient (Wildman–Crippen LogP) is 1.29. The summed E-state index contributed by atoms with van der Waals surface area (Å²) in [4.78, 5) is 16.1. The van der Waals surface area contributed by atoms with Gasteiger partial charge in [0.2, 0.25) is 5.91 Å². The van der Waals surface area contributed by atoms with Crippen LogP contribution in [0.15, 0.2) is 6.20 Å². The molecule has 1 aromatic heterocycles. The van der Waals surface area contributed by atoms with Crippen LogP contribution in [0.2, 0.25) is 0 Å². The molecule has 17 heavy (non-hydrogen) atoms. The second kappa shape index (κ2) is 4.51. The molecule has 0 radical (unpaired) electrons. The van der Waals surface area contributed by atoms with E-state index in [0.29, 0.717) is 5.92 Å². The highest BCUT2D eigenvalue weighted by Gasteiger charge is 2.29. The topological polar surface area (TPSA) is 46.9 Å². The van der Waals surface area contributed by atoms with Crippen molar-refractivity contribution in [2.75, 3.05) is 6.54 Å². The monoisotopic (exact) mass is 233 g/mol. The van der Waals surface area contributed by atoms with Crippen LogP contribution in [0.5, 0.6) is 0 Å². The Morgan fingerprint density at radius 2 is 2.35 bits per heavy atom. The molecule has 0 atom stereocenters. The Balaban J connectivity index is 1.50. The minimum atomic E-state index is 0.231. The van der Waals surface area contributed by atoms with E-state index in [9.17, 15) is 4.79 Å². The average molecular weight is 233 g/mol. The van der Waals surface area contributed by atoms with Crippen molar-refractivity contribution in [3.05, 3.63) is 17.7 Å². The number of amides is 1. The minimum absolute atomic E-state index is 0.231. The van der Waals surface area contributed by atoms with Gasteiger partial charge in [-0.05, 0) is 25.7 Å². The Hall–Kier alpha value is -1.32. The van der Waals surface area contributed by atoms with Crippen LogP contribution in [0.3, 0.4) is 0 Å². The Kier molecular flexibility index (Phi) is 2.87. The van der Waals surface area contributed by atoms with Crippen LogP contribution in [0.25, 0.3) is 0 Å². The minimum Gasteiger partial charge on any atom is -0.355 e. The van der Waals surface area contributed by atoms with Crippen LogP contribution in [0, 0.1) is 5.92 Å². The number of hydrogen-bond acceptors (Lipinski definition) is 2. The van der Waals surface area contributed by atoms with Gasteiger partial charge in [0.05, 0.1) is 5.69 Å². The van der Waals surface area contributed by atoms with E-state index in [2.05, 4.69) is 21.1 Å². The SMILES string of the molecule is O=C(NCCc1cn2c(n1)CCCC2)C1CC1. The fraction of sp³-hybridized carbons (Fsp3) is 0.692. The molecule has 4 heteroatoms. The normalized spacial score (nSPS) is 18.8. The van der Waals surface area contributed by atoms with Gasteiger partial charge in [0.1, 0.15) is 5.82 Å². The molecule has 2 aliphatic rings. The molecule has 0 aromatic carbocycles. The number of carbonyl (C=O) groups excluding carboxylic acids is 1. The van der Waals surface area contributed by atoms with Crippen molar-refractivity contribution < 1.29 is 4.79 Å². The average Bonchev–Trinajstić information content (AvgIpc) is 3.09. The number of nitrogens with zero attached hydrogens (tertiary/aromatic N) is 2. The van der Waals surface area contributed by atoms with Gasteiger partial charge in [-0.2, -0.15) is 0 Å². The zero-order valence-electron chi connectivity index (χ0n) is 10.1. The summed E-state index contributed by atoms with van der Waals surface area (Å²) >= 11 is 0. The summed E-state index contributed by atoms with van der Waals surface area (Å²) < 4.78 is 2.27. The first-order valence-corrected chi connectivity index (χ1v) is 6.65. The fourth-order valence-corrected chi connectivity index (χ4v) is 2.40. The van der Waals surface area contributed by atoms with E-state index in [-0.39, 0.29) is 5.91 Å². The van der Waals surface area contributed by atoms with E-state index in [1.54, 1.807) is 0 Å². The van der Waals surface area contributed by atoms with Crippen LogP contribution in [-0.2, 0) is 24.2 Å². The van der Waals surface area contributed by atoms with Crippen LogP contribution in [0.1, 0.15) is 37.2 Å². The van der Waals surface area contributed by atoms with Gasteiger partial charge in [0, 0.05) is 38.0 Å². The van der Waals surface area contributed by atoms with Crippen molar-refractivity contribution in [1.82, 2.24) is 14.9 Å². The van der Waals surface area contributed by atoms with E-state index < -0.39 is 0 Å². The van der Waals surface area contributed by atoms with Crippen molar-refractivity contribution in [2.45, 2.75) is 45.1 Å². The van der Waals surface area contributed by atoms with Gasteiger partial charge < -0.3 is 9.88 Å². The lowest BCUT2D eigenvalue weighted by Gasteiger charge is -2.11. The first-order valence-electron chi connectivity index (χ1n) is 6.65. The molecule has 0 spiro atoms. The van der Waals surface area contributed by atoms with Crippen LogP contribution in [-0.4, -0.2) is 22.0 Å². The van der Waals surface area contributed by atoms with Gasteiger partial charge in [0.15, 0.2) is 0 Å². The summed E-state index contributed by atoms with van der Waals surface area (Å²) in [5.74, 6) is 1.76. The second-order valence-electron chi connectivity index (χ2n) is 5.11. The van der Waals surface area contributed by atoms with Crippen molar-refractivity contribution in [3.63, 3.8) is 0 Å². The Morgan fingerprint density at radius 1 is 1.47 bits per heavy atom. The summed E-state index contributed by atoms with van der Waals surface area (Å²) in [6.45, 7) is 1.84. The molecule has 0 unspecified atom stereocenters.